The fourth-order valence-electron chi connectivity index (χ4n) is 3.33. The van der Waals surface area contributed by atoms with Crippen LogP contribution in [0.15, 0.2) is 21.3 Å². The quantitative estimate of drug-likeness (QED) is 0.0971. The zero-order chi connectivity index (χ0) is 23.6. The van der Waals surface area contributed by atoms with Crippen molar-refractivity contribution in [3.63, 3.8) is 0 Å². The molecule has 15 heteroatoms. The summed E-state index contributed by atoms with van der Waals surface area (Å²) >= 11 is 33.3. The van der Waals surface area contributed by atoms with E-state index in [0.717, 1.165) is 0 Å². The first-order chi connectivity index (χ1) is 15.0. The number of fused-ring (bicyclic) bond motifs is 2. The van der Waals surface area contributed by atoms with Gasteiger partial charge in [0.1, 0.15) is 9.15 Å². The Morgan fingerprint density at radius 2 is 1.40 bits per heavy atom. The van der Waals surface area contributed by atoms with E-state index in [2.05, 4.69) is 0 Å². The first-order valence-corrected chi connectivity index (χ1v) is 14.2. The molecule has 0 atom stereocenters. The fraction of sp³-hybridized carbons (Fsp3) is 0.0500. The van der Waals surface area contributed by atoms with Crippen LogP contribution in [-0.2, 0) is 6.61 Å². The standard InChI is InChI=1S/C20H5Cl4I4O4.2Na.H2O/c21-11-6(3-29)10(12(22)14(24)13(11)23)9-4-1-7(25)17(30)15(27)19(4)32-20-5(9)2-8(26)18(31)16(20)28;;;/h1-2,30H,3H2;;;1H2/q-1;2*+1;/p-1. The van der Waals surface area contributed by atoms with E-state index in [4.69, 9.17) is 50.8 Å². The molecule has 0 saturated carbocycles. The molecule has 174 valence electrons. The van der Waals surface area contributed by atoms with E-state index in [1.54, 1.807) is 12.1 Å². The molecular weight excluding hydrogens is 1020 g/mol. The Hall–Kier alpha value is 2.93. The minimum Gasteiger partial charge on any atom is -0.871 e. The van der Waals surface area contributed by atoms with Crippen LogP contribution in [0, 0.1) is 14.3 Å². The van der Waals surface area contributed by atoms with E-state index >= 15 is 0 Å². The van der Waals surface area contributed by atoms with Gasteiger partial charge in [-0.05, 0) is 108 Å². The third-order valence-corrected chi connectivity index (χ3v) is 10.2. The van der Waals surface area contributed by atoms with Gasteiger partial charge in [0.2, 0.25) is 5.43 Å². The average molecular weight is 1020 g/mol. The molecule has 2 aromatic rings. The molecule has 1 aliphatic carbocycles. The Balaban J connectivity index is 0.00000204. The third-order valence-electron chi connectivity index (χ3n) is 4.76. The second kappa shape index (κ2) is 14.2. The van der Waals surface area contributed by atoms with E-state index in [-0.39, 0.29) is 113 Å². The summed E-state index contributed by atoms with van der Waals surface area (Å²) in [6.07, 6.45) is 0. The van der Waals surface area contributed by atoms with Crippen molar-refractivity contribution in [2.24, 2.45) is 0 Å². The first-order valence-electron chi connectivity index (χ1n) is 8.38. The predicted octanol–water partition coefficient (Wildman–Crippen LogP) is 0.714. The van der Waals surface area contributed by atoms with Gasteiger partial charge in [-0.25, -0.2) is 0 Å². The molecule has 4 rings (SSSR count). The minimum absolute atomic E-state index is 0. The number of hydrogen-bond acceptors (Lipinski definition) is 4. The topological polar surface area (TPSA) is 108 Å². The van der Waals surface area contributed by atoms with Gasteiger partial charge in [0.25, 0.3) is 0 Å². The molecule has 0 unspecified atom stereocenters. The SMILES string of the molecule is O.O=c1c(I)cc2c(-c3c(Cl)c(Cl)c(Cl)c(Cl)c3C[O-])c3cc(I)c([O-])c(I)c3oc-2c1I.[Na+].[Na+]. The van der Waals surface area contributed by atoms with Gasteiger partial charge < -0.3 is 20.1 Å². The number of benzene rings is 3. The van der Waals surface area contributed by atoms with Crippen molar-refractivity contribution in [3.05, 3.63) is 62.3 Å². The summed E-state index contributed by atoms with van der Waals surface area (Å²) < 4.78 is 7.67. The third kappa shape index (κ3) is 6.25. The summed E-state index contributed by atoms with van der Waals surface area (Å²) in [5, 5.41) is 25.4. The Morgan fingerprint density at radius 3 is 1.97 bits per heavy atom. The molecular formula is C20H6Cl4I4Na2O5. The Morgan fingerprint density at radius 1 is 0.829 bits per heavy atom. The number of hydrogen-bond donors (Lipinski definition) is 0. The van der Waals surface area contributed by atoms with Crippen LogP contribution >= 0.6 is 137 Å². The molecule has 0 radical (unpaired) electrons. The van der Waals surface area contributed by atoms with Gasteiger partial charge in [-0.15, -0.1) is 6.61 Å². The molecule has 35 heavy (non-hydrogen) atoms. The smallest absolute Gasteiger partial charge is 0.871 e. The first kappa shape index (κ1) is 36.0. The van der Waals surface area contributed by atoms with Crippen LogP contribution in [0.3, 0.4) is 0 Å². The molecule has 5 nitrogen and oxygen atoms in total. The van der Waals surface area contributed by atoms with Crippen LogP contribution in [-0.4, -0.2) is 5.48 Å². The van der Waals surface area contributed by atoms with Crippen molar-refractivity contribution in [2.45, 2.75) is 6.61 Å². The zero-order valence-electron chi connectivity index (χ0n) is 17.5. The summed E-state index contributed by atoms with van der Waals surface area (Å²) in [5.74, 6) is 0.0603. The van der Waals surface area contributed by atoms with Crippen LogP contribution in [0.5, 0.6) is 5.75 Å². The van der Waals surface area contributed by atoms with Crippen LogP contribution in [0.1, 0.15) is 5.56 Å². The van der Waals surface area contributed by atoms with Crippen LogP contribution in [0.2, 0.25) is 20.1 Å². The summed E-state index contributed by atoms with van der Waals surface area (Å²) in [5.41, 5.74) is 1.53. The number of halogens is 8. The Kier molecular flexibility index (Phi) is 14.6. The molecule has 0 saturated heterocycles. The molecule has 0 spiro atoms. The second-order valence-corrected chi connectivity index (χ2v) is 12.5. The van der Waals surface area contributed by atoms with Gasteiger partial charge in [-0.3, -0.25) is 4.79 Å². The monoisotopic (exact) mass is 1020 g/mol. The average Bonchev–Trinajstić information content (AvgIpc) is 2.76. The minimum atomic E-state index is -0.721. The van der Waals surface area contributed by atoms with E-state index in [1.165, 1.54) is 0 Å². The van der Waals surface area contributed by atoms with Crippen molar-refractivity contribution < 1.29 is 79.2 Å². The van der Waals surface area contributed by atoms with Crippen molar-refractivity contribution in [2.75, 3.05) is 0 Å². The Labute approximate surface area is 318 Å². The van der Waals surface area contributed by atoms with E-state index in [0.29, 0.717) is 36.4 Å². The van der Waals surface area contributed by atoms with Gasteiger partial charge in [-0.1, -0.05) is 52.2 Å². The van der Waals surface area contributed by atoms with Gasteiger partial charge in [0, 0.05) is 29.2 Å². The molecule has 2 aromatic carbocycles. The second-order valence-electron chi connectivity index (χ2n) is 6.49. The summed E-state index contributed by atoms with van der Waals surface area (Å²) in [6.45, 7) is -0.721. The van der Waals surface area contributed by atoms with E-state index in [1.807, 2.05) is 90.4 Å². The van der Waals surface area contributed by atoms with Crippen LogP contribution in [0.25, 0.3) is 33.4 Å². The molecule has 2 aliphatic rings. The largest absolute Gasteiger partial charge is 1.00 e. The van der Waals surface area contributed by atoms with Gasteiger partial charge in [0.15, 0.2) is 5.76 Å². The van der Waals surface area contributed by atoms with Crippen molar-refractivity contribution in [1.29, 1.82) is 0 Å². The molecule has 2 N–H and O–H groups in total. The van der Waals surface area contributed by atoms with E-state index in [9.17, 15) is 15.0 Å². The van der Waals surface area contributed by atoms with Gasteiger partial charge in [0.05, 0.1) is 23.7 Å². The van der Waals surface area contributed by atoms with Gasteiger partial charge in [-0.2, -0.15) is 0 Å². The molecule has 0 amide bonds. The van der Waals surface area contributed by atoms with E-state index < -0.39 is 6.61 Å². The van der Waals surface area contributed by atoms with Crippen molar-refractivity contribution in [3.8, 4) is 28.2 Å². The summed E-state index contributed by atoms with van der Waals surface area (Å²) in [7, 11) is 0. The maximum Gasteiger partial charge on any atom is 1.00 e. The van der Waals surface area contributed by atoms with Crippen LogP contribution < -0.4 is 74.8 Å². The predicted molar refractivity (Wildman–Crippen MR) is 162 cm³/mol. The Bertz CT molecular complexity index is 1500. The number of rotatable bonds is 2. The summed E-state index contributed by atoms with van der Waals surface area (Å²) in [4.78, 5) is 12.6. The molecule has 0 bridgehead atoms. The molecule has 1 aliphatic heterocycles. The van der Waals surface area contributed by atoms with Gasteiger partial charge >= 0.3 is 59.1 Å². The molecule has 0 aromatic heterocycles. The fourth-order valence-corrected chi connectivity index (χ4v) is 7.95. The maximum atomic E-state index is 12.6. The molecule has 0 fully saturated rings. The van der Waals surface area contributed by atoms with Crippen molar-refractivity contribution >= 4 is 148 Å². The normalized spacial score (nSPS) is 10.7. The zero-order valence-corrected chi connectivity index (χ0v) is 33.2. The van der Waals surface area contributed by atoms with Crippen molar-refractivity contribution in [1.82, 2.24) is 0 Å². The molecule has 1 heterocycles. The maximum absolute atomic E-state index is 12.6. The van der Waals surface area contributed by atoms with Crippen LogP contribution in [0.4, 0.5) is 0 Å². The summed E-state index contributed by atoms with van der Waals surface area (Å²) in [6, 6.07) is 3.32.